The van der Waals surface area contributed by atoms with Gasteiger partial charge in [-0.2, -0.15) is 0 Å². The predicted molar refractivity (Wildman–Crippen MR) is 73.7 cm³/mol. The Hall–Kier alpha value is -0.810. The molecule has 0 bridgehead atoms. The average molecular weight is 254 g/mol. The Morgan fingerprint density at radius 2 is 2.28 bits per heavy atom. The van der Waals surface area contributed by atoms with Crippen LogP contribution in [-0.4, -0.2) is 55.8 Å². The number of guanidine groups is 1. The Morgan fingerprint density at radius 1 is 1.50 bits per heavy atom. The molecule has 5 heteroatoms. The number of morpholine rings is 1. The van der Waals surface area contributed by atoms with Crippen LogP contribution in [-0.2, 0) is 4.74 Å². The third-order valence-electron chi connectivity index (χ3n) is 3.37. The van der Waals surface area contributed by atoms with E-state index in [4.69, 9.17) is 10.5 Å². The minimum atomic E-state index is 0.243. The summed E-state index contributed by atoms with van der Waals surface area (Å²) in [6.07, 6.45) is 2.96. The minimum absolute atomic E-state index is 0.243. The van der Waals surface area contributed by atoms with Gasteiger partial charge in [-0.3, -0.25) is 9.89 Å². The van der Waals surface area contributed by atoms with Crippen molar-refractivity contribution in [1.29, 1.82) is 0 Å². The van der Waals surface area contributed by atoms with Gasteiger partial charge in [0.15, 0.2) is 5.96 Å². The van der Waals surface area contributed by atoms with Crippen LogP contribution < -0.4 is 11.1 Å². The first-order valence-corrected chi connectivity index (χ1v) is 7.04. The molecule has 1 unspecified atom stereocenters. The van der Waals surface area contributed by atoms with Gasteiger partial charge in [0.1, 0.15) is 0 Å². The molecule has 1 heterocycles. The molecule has 2 rings (SSSR count). The molecule has 1 aliphatic heterocycles. The van der Waals surface area contributed by atoms with Crippen molar-refractivity contribution in [1.82, 2.24) is 10.2 Å². The fourth-order valence-electron chi connectivity index (χ4n) is 2.19. The first-order chi connectivity index (χ1) is 8.65. The summed E-state index contributed by atoms with van der Waals surface area (Å²) in [6.45, 7) is 8.75. The largest absolute Gasteiger partial charge is 0.374 e. The maximum Gasteiger partial charge on any atom is 0.188 e. The maximum atomic E-state index is 5.82. The second-order valence-electron chi connectivity index (χ2n) is 5.72. The van der Waals surface area contributed by atoms with Crippen LogP contribution in [0.25, 0.3) is 0 Å². The lowest BCUT2D eigenvalue weighted by Gasteiger charge is -2.33. The Labute approximate surface area is 110 Å². The van der Waals surface area contributed by atoms with E-state index in [1.807, 2.05) is 0 Å². The number of aliphatic imine (C=N–C) groups is 1. The van der Waals surface area contributed by atoms with Crippen LogP contribution in [0.15, 0.2) is 4.99 Å². The van der Waals surface area contributed by atoms with Gasteiger partial charge in [-0.15, -0.1) is 0 Å². The van der Waals surface area contributed by atoms with E-state index < -0.39 is 0 Å². The second kappa shape index (κ2) is 6.38. The zero-order valence-corrected chi connectivity index (χ0v) is 11.6. The molecule has 2 aliphatic rings. The third-order valence-corrected chi connectivity index (χ3v) is 3.37. The van der Waals surface area contributed by atoms with Crippen LogP contribution in [0.2, 0.25) is 0 Å². The van der Waals surface area contributed by atoms with Crippen molar-refractivity contribution >= 4 is 5.96 Å². The molecule has 0 aromatic heterocycles. The van der Waals surface area contributed by atoms with Crippen LogP contribution in [0.1, 0.15) is 26.7 Å². The smallest absolute Gasteiger partial charge is 0.188 e. The molecule has 1 saturated heterocycles. The maximum absolute atomic E-state index is 5.82. The Bertz CT molecular complexity index is 289. The van der Waals surface area contributed by atoms with Gasteiger partial charge in [-0.05, 0) is 18.8 Å². The Kier molecular flexibility index (Phi) is 4.83. The monoisotopic (exact) mass is 254 g/mol. The number of rotatable bonds is 5. The molecule has 0 radical (unpaired) electrons. The Balaban J connectivity index is 1.67. The van der Waals surface area contributed by atoms with Crippen molar-refractivity contribution in [2.45, 2.75) is 38.8 Å². The van der Waals surface area contributed by atoms with Gasteiger partial charge in [0.25, 0.3) is 0 Å². The molecule has 1 saturated carbocycles. The number of nitrogens with two attached hydrogens (primary N) is 1. The molecule has 5 nitrogen and oxygen atoms in total. The first kappa shape index (κ1) is 13.6. The molecule has 0 aromatic rings. The zero-order valence-electron chi connectivity index (χ0n) is 11.6. The van der Waals surface area contributed by atoms with Crippen LogP contribution in [0.5, 0.6) is 0 Å². The van der Waals surface area contributed by atoms with Crippen molar-refractivity contribution in [3.63, 3.8) is 0 Å². The van der Waals surface area contributed by atoms with E-state index in [1.165, 1.54) is 12.8 Å². The van der Waals surface area contributed by atoms with Crippen molar-refractivity contribution in [2.24, 2.45) is 16.6 Å². The summed E-state index contributed by atoms with van der Waals surface area (Å²) >= 11 is 0. The van der Waals surface area contributed by atoms with Crippen molar-refractivity contribution in [3.8, 4) is 0 Å². The molecular formula is C13H26N4O. The average Bonchev–Trinajstić information content (AvgIpc) is 3.18. The van der Waals surface area contributed by atoms with Gasteiger partial charge in [-0.1, -0.05) is 13.8 Å². The van der Waals surface area contributed by atoms with Crippen LogP contribution in [0.3, 0.4) is 0 Å². The standard InChI is InChI=1S/C13H26N4O/c1-10(2)7-15-13(14)16-8-12-9-17(5-6-18-12)11-3-4-11/h10-12H,3-9H2,1-2H3,(H3,14,15,16). The van der Waals surface area contributed by atoms with Gasteiger partial charge in [-0.25, -0.2) is 0 Å². The van der Waals surface area contributed by atoms with Gasteiger partial charge in [0.2, 0.25) is 0 Å². The van der Waals surface area contributed by atoms with E-state index in [1.54, 1.807) is 0 Å². The number of hydrogen-bond donors (Lipinski definition) is 2. The number of hydrogen-bond acceptors (Lipinski definition) is 3. The highest BCUT2D eigenvalue weighted by Crippen LogP contribution is 2.27. The number of nitrogens with zero attached hydrogens (tertiary/aromatic N) is 2. The van der Waals surface area contributed by atoms with Crippen molar-refractivity contribution in [3.05, 3.63) is 0 Å². The highest BCUT2D eigenvalue weighted by atomic mass is 16.5. The summed E-state index contributed by atoms with van der Waals surface area (Å²) in [7, 11) is 0. The Morgan fingerprint density at radius 3 is 2.94 bits per heavy atom. The van der Waals surface area contributed by atoms with Crippen molar-refractivity contribution < 1.29 is 4.74 Å². The molecule has 0 spiro atoms. The SMILES string of the molecule is CC(C)CN=C(N)NCC1CN(C2CC2)CCO1. The fourth-order valence-corrected chi connectivity index (χ4v) is 2.19. The molecule has 1 atom stereocenters. The van der Waals surface area contributed by atoms with E-state index >= 15 is 0 Å². The molecule has 2 fully saturated rings. The van der Waals surface area contributed by atoms with Gasteiger partial charge in [0.05, 0.1) is 12.7 Å². The summed E-state index contributed by atoms with van der Waals surface area (Å²) in [5.74, 6) is 1.08. The highest BCUT2D eigenvalue weighted by molar-refractivity contribution is 5.77. The van der Waals surface area contributed by atoms with E-state index in [0.29, 0.717) is 11.9 Å². The molecule has 3 N–H and O–H groups in total. The van der Waals surface area contributed by atoms with Gasteiger partial charge >= 0.3 is 0 Å². The molecule has 0 amide bonds. The summed E-state index contributed by atoms with van der Waals surface area (Å²) in [6, 6.07) is 0.823. The van der Waals surface area contributed by atoms with E-state index in [-0.39, 0.29) is 6.10 Å². The van der Waals surface area contributed by atoms with Gasteiger partial charge in [0, 0.05) is 32.2 Å². The minimum Gasteiger partial charge on any atom is -0.374 e. The number of ether oxygens (including phenoxy) is 1. The molecule has 0 aromatic carbocycles. The molecule has 18 heavy (non-hydrogen) atoms. The number of nitrogens with one attached hydrogen (secondary N) is 1. The zero-order chi connectivity index (χ0) is 13.0. The summed E-state index contributed by atoms with van der Waals surface area (Å²) in [4.78, 5) is 6.83. The fraction of sp³-hybridized carbons (Fsp3) is 0.923. The molecule has 104 valence electrons. The van der Waals surface area contributed by atoms with E-state index in [0.717, 1.165) is 38.8 Å². The summed E-state index contributed by atoms with van der Waals surface area (Å²) in [5.41, 5.74) is 5.82. The lowest BCUT2D eigenvalue weighted by molar-refractivity contribution is -0.0281. The van der Waals surface area contributed by atoms with E-state index in [9.17, 15) is 0 Å². The first-order valence-electron chi connectivity index (χ1n) is 7.04. The van der Waals surface area contributed by atoms with Crippen LogP contribution in [0.4, 0.5) is 0 Å². The van der Waals surface area contributed by atoms with Crippen LogP contribution >= 0.6 is 0 Å². The van der Waals surface area contributed by atoms with E-state index in [2.05, 4.69) is 29.1 Å². The van der Waals surface area contributed by atoms with Gasteiger partial charge < -0.3 is 15.8 Å². The quantitative estimate of drug-likeness (QED) is 0.551. The molecule has 1 aliphatic carbocycles. The molecular weight excluding hydrogens is 228 g/mol. The summed E-state index contributed by atoms with van der Waals surface area (Å²) in [5, 5.41) is 3.16. The van der Waals surface area contributed by atoms with Crippen LogP contribution in [0, 0.1) is 5.92 Å². The lowest BCUT2D eigenvalue weighted by Crippen LogP contribution is -2.49. The topological polar surface area (TPSA) is 62.9 Å². The summed E-state index contributed by atoms with van der Waals surface area (Å²) < 4.78 is 5.75. The lowest BCUT2D eigenvalue weighted by atomic mass is 10.2. The normalized spacial score (nSPS) is 26.6. The highest BCUT2D eigenvalue weighted by Gasteiger charge is 2.32. The second-order valence-corrected chi connectivity index (χ2v) is 5.72. The van der Waals surface area contributed by atoms with Crippen molar-refractivity contribution in [2.75, 3.05) is 32.8 Å². The third kappa shape index (κ3) is 4.46. The predicted octanol–water partition coefficient (Wildman–Crippen LogP) is 0.410.